The van der Waals surface area contributed by atoms with Crippen molar-refractivity contribution in [3.05, 3.63) is 93.0 Å². The standard InChI is InChI=1S/C33H28F8N4O5/c1-16-10-22(33(39,40)41)26(30(47)44(16)2)21-6-5-17(20-4-3-7-42-28(20)21)11-25(31(48)49)43-29(46)27-23(34)12-18(13-24(27)35)45-8-9-50-15-19(45)14-32(36,37)38/h3-7,10,12-13,19,25H,8-9,11,14-15H2,1-2H3,(H,43,46)(H,48,49). The van der Waals surface area contributed by atoms with E-state index < -0.39 is 83.0 Å². The number of aryl methyl sites for hydroxylation is 1. The zero-order valence-corrected chi connectivity index (χ0v) is 26.3. The van der Waals surface area contributed by atoms with Crippen LogP contribution in [0.2, 0.25) is 0 Å². The Labute approximate surface area is 278 Å². The Hall–Kier alpha value is -5.06. The maximum Gasteiger partial charge on any atom is 0.417 e. The minimum atomic E-state index is -4.91. The highest BCUT2D eigenvalue weighted by Crippen LogP contribution is 2.38. The molecule has 2 unspecified atom stereocenters. The quantitative estimate of drug-likeness (QED) is 0.223. The van der Waals surface area contributed by atoms with Gasteiger partial charge in [-0.3, -0.25) is 14.6 Å². The topological polar surface area (TPSA) is 114 Å². The molecule has 2 aromatic heterocycles. The minimum Gasteiger partial charge on any atom is -0.480 e. The third-order valence-electron chi connectivity index (χ3n) is 8.41. The smallest absolute Gasteiger partial charge is 0.417 e. The average molecular weight is 713 g/mol. The molecule has 50 heavy (non-hydrogen) atoms. The van der Waals surface area contributed by atoms with Gasteiger partial charge in [-0.15, -0.1) is 0 Å². The molecule has 5 rings (SSSR count). The maximum absolute atomic E-state index is 15.2. The van der Waals surface area contributed by atoms with E-state index >= 15 is 8.78 Å². The molecular weight excluding hydrogens is 684 g/mol. The molecule has 1 amide bonds. The average Bonchev–Trinajstić information content (AvgIpc) is 3.02. The van der Waals surface area contributed by atoms with E-state index in [4.69, 9.17) is 4.74 Å². The van der Waals surface area contributed by atoms with Gasteiger partial charge in [-0.25, -0.2) is 13.6 Å². The summed E-state index contributed by atoms with van der Waals surface area (Å²) >= 11 is 0. The van der Waals surface area contributed by atoms with Crippen molar-refractivity contribution < 1.29 is 54.6 Å². The van der Waals surface area contributed by atoms with Gasteiger partial charge in [-0.1, -0.05) is 18.2 Å². The van der Waals surface area contributed by atoms with Crippen LogP contribution in [0, 0.1) is 18.6 Å². The number of alkyl halides is 6. The van der Waals surface area contributed by atoms with Crippen LogP contribution in [-0.4, -0.2) is 64.6 Å². The van der Waals surface area contributed by atoms with Crippen LogP contribution in [0.3, 0.4) is 0 Å². The number of benzene rings is 2. The zero-order valence-electron chi connectivity index (χ0n) is 26.3. The summed E-state index contributed by atoms with van der Waals surface area (Å²) in [6.07, 6.45) is -10.1. The number of halogens is 8. The summed E-state index contributed by atoms with van der Waals surface area (Å²) in [5.74, 6) is -6.03. The molecule has 2 N–H and O–H groups in total. The third-order valence-corrected chi connectivity index (χ3v) is 8.41. The molecule has 2 aromatic carbocycles. The monoisotopic (exact) mass is 712 g/mol. The number of ether oxygens (including phenoxy) is 1. The summed E-state index contributed by atoms with van der Waals surface area (Å²) in [6, 6.07) is 4.31. The van der Waals surface area contributed by atoms with Gasteiger partial charge < -0.3 is 24.6 Å². The molecule has 1 fully saturated rings. The number of hydrogen-bond donors (Lipinski definition) is 2. The third kappa shape index (κ3) is 7.41. The van der Waals surface area contributed by atoms with Crippen molar-refractivity contribution in [1.82, 2.24) is 14.9 Å². The van der Waals surface area contributed by atoms with E-state index in [0.29, 0.717) is 12.1 Å². The molecule has 17 heteroatoms. The lowest BCUT2D eigenvalue weighted by Gasteiger charge is -2.37. The fraction of sp³-hybridized carbons (Fsp3) is 0.333. The van der Waals surface area contributed by atoms with Gasteiger partial charge in [0.15, 0.2) is 0 Å². The lowest BCUT2D eigenvalue weighted by molar-refractivity contribution is -0.143. The number of amides is 1. The summed E-state index contributed by atoms with van der Waals surface area (Å²) in [7, 11) is 1.30. The molecule has 4 aromatic rings. The Morgan fingerprint density at radius 1 is 1.08 bits per heavy atom. The molecule has 9 nitrogen and oxygen atoms in total. The zero-order chi connectivity index (χ0) is 36.7. The van der Waals surface area contributed by atoms with Crippen LogP contribution in [0.15, 0.2) is 53.5 Å². The number of hydrogen-bond acceptors (Lipinski definition) is 6. The van der Waals surface area contributed by atoms with Crippen molar-refractivity contribution in [2.75, 3.05) is 24.7 Å². The number of morpholine rings is 1. The number of nitrogens with one attached hydrogen (secondary N) is 1. The molecule has 1 saturated heterocycles. The van der Waals surface area contributed by atoms with Crippen LogP contribution >= 0.6 is 0 Å². The molecular formula is C33H28F8N4O5. The van der Waals surface area contributed by atoms with E-state index in [9.17, 15) is 45.8 Å². The van der Waals surface area contributed by atoms with Gasteiger partial charge in [0.05, 0.1) is 42.3 Å². The van der Waals surface area contributed by atoms with Gasteiger partial charge in [0.1, 0.15) is 23.2 Å². The molecule has 0 saturated carbocycles. The van der Waals surface area contributed by atoms with Crippen LogP contribution in [-0.2, 0) is 29.2 Å². The first kappa shape index (κ1) is 36.2. The van der Waals surface area contributed by atoms with Gasteiger partial charge >= 0.3 is 18.3 Å². The lowest BCUT2D eigenvalue weighted by Crippen LogP contribution is -2.48. The van der Waals surface area contributed by atoms with Crippen molar-refractivity contribution >= 4 is 28.5 Å². The molecule has 0 bridgehead atoms. The maximum atomic E-state index is 15.2. The van der Waals surface area contributed by atoms with Crippen LogP contribution in [0.5, 0.6) is 0 Å². The van der Waals surface area contributed by atoms with E-state index in [1.54, 1.807) is 0 Å². The molecule has 2 atom stereocenters. The molecule has 1 aliphatic rings. The summed E-state index contributed by atoms with van der Waals surface area (Å²) < 4.78 is 118. The first-order valence-electron chi connectivity index (χ1n) is 15.0. The van der Waals surface area contributed by atoms with Crippen molar-refractivity contribution in [3.63, 3.8) is 0 Å². The van der Waals surface area contributed by atoms with Gasteiger partial charge in [0.25, 0.3) is 11.5 Å². The SMILES string of the molecule is Cc1cc(C(F)(F)F)c(-c2ccc(CC(NC(=O)c3c(F)cc(N4CCOCC4CC(F)(F)F)cc3F)C(=O)O)c3cccnc23)c(=O)n1C. The first-order valence-corrected chi connectivity index (χ1v) is 15.0. The number of nitrogens with zero attached hydrogens (tertiary/aromatic N) is 3. The van der Waals surface area contributed by atoms with Gasteiger partial charge in [-0.05, 0) is 36.8 Å². The predicted octanol–water partition coefficient (Wildman–Crippen LogP) is 5.79. The lowest BCUT2D eigenvalue weighted by atomic mass is 9.93. The number of aliphatic carboxylic acids is 1. The van der Waals surface area contributed by atoms with Crippen LogP contribution < -0.4 is 15.8 Å². The molecule has 0 radical (unpaired) electrons. The number of carboxylic acids is 1. The Morgan fingerprint density at radius 2 is 1.76 bits per heavy atom. The normalized spacial score (nSPS) is 16.0. The van der Waals surface area contributed by atoms with Crippen LogP contribution in [0.4, 0.5) is 40.8 Å². The summed E-state index contributed by atoms with van der Waals surface area (Å²) in [5, 5.41) is 12.1. The number of carbonyl (C=O) groups is 2. The Morgan fingerprint density at radius 3 is 2.38 bits per heavy atom. The number of fused-ring (bicyclic) bond motifs is 1. The highest BCUT2D eigenvalue weighted by molar-refractivity contribution is 5.99. The second kappa shape index (κ2) is 13.7. The van der Waals surface area contributed by atoms with E-state index in [-0.39, 0.29) is 53.2 Å². The highest BCUT2D eigenvalue weighted by Gasteiger charge is 2.38. The van der Waals surface area contributed by atoms with Crippen LogP contribution in [0.1, 0.15) is 33.6 Å². The second-order valence-corrected chi connectivity index (χ2v) is 11.7. The Kier molecular flexibility index (Phi) is 9.92. The Balaban J connectivity index is 1.47. The van der Waals surface area contributed by atoms with Crippen LogP contribution in [0.25, 0.3) is 22.0 Å². The minimum absolute atomic E-state index is 0.0174. The number of carbonyl (C=O) groups excluding carboxylic acids is 1. The van der Waals surface area contributed by atoms with Gasteiger partial charge in [0, 0.05) is 48.5 Å². The molecule has 3 heterocycles. The second-order valence-electron chi connectivity index (χ2n) is 11.7. The fourth-order valence-electron chi connectivity index (χ4n) is 5.94. The summed E-state index contributed by atoms with van der Waals surface area (Å²) in [4.78, 5) is 43.7. The fourth-order valence-corrected chi connectivity index (χ4v) is 5.94. The summed E-state index contributed by atoms with van der Waals surface area (Å²) in [6.45, 7) is 0.840. The van der Waals surface area contributed by atoms with E-state index in [0.717, 1.165) is 15.5 Å². The highest BCUT2D eigenvalue weighted by atomic mass is 19.4. The van der Waals surface area contributed by atoms with Gasteiger partial charge in [0.2, 0.25) is 0 Å². The van der Waals surface area contributed by atoms with E-state index in [1.165, 1.54) is 44.4 Å². The molecule has 0 spiro atoms. The number of aromatic nitrogens is 2. The predicted molar refractivity (Wildman–Crippen MR) is 164 cm³/mol. The molecule has 1 aliphatic heterocycles. The largest absolute Gasteiger partial charge is 0.480 e. The van der Waals surface area contributed by atoms with Gasteiger partial charge in [-0.2, -0.15) is 26.3 Å². The summed E-state index contributed by atoms with van der Waals surface area (Å²) in [5.41, 5.74) is -4.35. The van der Waals surface area contributed by atoms with E-state index in [1.807, 2.05) is 5.32 Å². The number of anilines is 1. The number of carboxylic acid groups (broad SMARTS) is 1. The molecule has 0 aliphatic carbocycles. The van der Waals surface area contributed by atoms with Crippen molar-refractivity contribution in [2.45, 2.75) is 44.2 Å². The number of rotatable bonds is 8. The Bertz CT molecular complexity index is 2010. The molecule has 266 valence electrons. The first-order chi connectivity index (χ1) is 23.4. The van der Waals surface area contributed by atoms with Crippen molar-refractivity contribution in [1.29, 1.82) is 0 Å². The number of pyridine rings is 2. The van der Waals surface area contributed by atoms with Crippen molar-refractivity contribution in [2.24, 2.45) is 7.05 Å². The van der Waals surface area contributed by atoms with E-state index in [2.05, 4.69) is 4.98 Å². The van der Waals surface area contributed by atoms with Crippen molar-refractivity contribution in [3.8, 4) is 11.1 Å².